The predicted octanol–water partition coefficient (Wildman–Crippen LogP) is 7.24. The maximum Gasteiger partial charge on any atom is 0.270 e. The van der Waals surface area contributed by atoms with Gasteiger partial charge in [0.25, 0.3) is 5.91 Å². The van der Waals surface area contributed by atoms with E-state index in [1.165, 1.54) is 25.7 Å². The molecule has 0 bridgehead atoms. The lowest BCUT2D eigenvalue weighted by molar-refractivity contribution is -0.120. The van der Waals surface area contributed by atoms with Crippen LogP contribution in [0, 0.1) is 42.6 Å². The quantitative estimate of drug-likeness (QED) is 0.135. The number of aromatic nitrogens is 2. The van der Waals surface area contributed by atoms with Crippen LogP contribution in [0.5, 0.6) is 0 Å². The van der Waals surface area contributed by atoms with Crippen molar-refractivity contribution in [2.45, 2.75) is 83.3 Å². The molecule has 1 aromatic heterocycles. The Kier molecular flexibility index (Phi) is 11.5. The number of carbonyl (C=O) groups is 3. The first-order valence-corrected chi connectivity index (χ1v) is 19.5. The van der Waals surface area contributed by atoms with Crippen molar-refractivity contribution in [2.75, 3.05) is 10.6 Å². The van der Waals surface area contributed by atoms with Crippen LogP contribution in [0.15, 0.2) is 60.8 Å². The lowest BCUT2D eigenvalue weighted by Crippen LogP contribution is -2.50. The number of halogens is 2. The maximum atomic E-state index is 13.3. The van der Waals surface area contributed by atoms with Gasteiger partial charge < -0.3 is 21.7 Å². The van der Waals surface area contributed by atoms with E-state index < -0.39 is 6.04 Å². The van der Waals surface area contributed by atoms with Gasteiger partial charge >= 0.3 is 0 Å². The SMILES string of the molecule is CC(C)n1nccc1C(=O)N[C@H](C(=O)Nc1ccc(I)cc1)C(C1CC1)C1CC1.N[C@H](C(=O)Nc1ccc(I)cc1)C(C1CC1)C1CC1. The summed E-state index contributed by atoms with van der Waals surface area (Å²) in [5.41, 5.74) is 8.30. The van der Waals surface area contributed by atoms with Crippen LogP contribution in [0.25, 0.3) is 0 Å². The van der Waals surface area contributed by atoms with Crippen LogP contribution in [-0.4, -0.2) is 39.6 Å². The smallest absolute Gasteiger partial charge is 0.270 e. The second kappa shape index (κ2) is 15.6. The summed E-state index contributed by atoms with van der Waals surface area (Å²) in [6.45, 7) is 3.98. The highest BCUT2D eigenvalue weighted by Gasteiger charge is 2.49. The molecule has 4 fully saturated rings. The first kappa shape index (κ1) is 35.3. The first-order chi connectivity index (χ1) is 23.1. The van der Waals surface area contributed by atoms with Crippen LogP contribution in [0.4, 0.5) is 11.4 Å². The summed E-state index contributed by atoms with van der Waals surface area (Å²) in [5, 5.41) is 13.3. The Morgan fingerprint density at radius 2 is 1.15 bits per heavy atom. The van der Waals surface area contributed by atoms with Gasteiger partial charge in [-0.15, -0.1) is 0 Å². The number of benzene rings is 2. The topological polar surface area (TPSA) is 131 Å². The van der Waals surface area contributed by atoms with Crippen LogP contribution in [0.3, 0.4) is 0 Å². The number of nitrogens with two attached hydrogens (primary N) is 1. The zero-order chi connectivity index (χ0) is 33.9. The fourth-order valence-electron chi connectivity index (χ4n) is 6.97. The average Bonchev–Trinajstić information content (AvgIpc) is 3.86. The summed E-state index contributed by atoms with van der Waals surface area (Å²) in [4.78, 5) is 38.6. The van der Waals surface area contributed by atoms with E-state index >= 15 is 0 Å². The van der Waals surface area contributed by atoms with E-state index in [0.717, 1.165) is 44.2 Å². The number of anilines is 2. The molecule has 4 saturated carbocycles. The van der Waals surface area contributed by atoms with Gasteiger partial charge in [0.15, 0.2) is 0 Å². The zero-order valence-corrected chi connectivity index (χ0v) is 31.9. The molecule has 4 aliphatic carbocycles. The van der Waals surface area contributed by atoms with E-state index in [0.29, 0.717) is 35.3 Å². The number of amides is 3. The van der Waals surface area contributed by atoms with E-state index in [1.807, 2.05) is 62.4 Å². The fourth-order valence-corrected chi connectivity index (χ4v) is 7.69. The molecule has 2 aromatic carbocycles. The summed E-state index contributed by atoms with van der Waals surface area (Å²) in [7, 11) is 0. The zero-order valence-electron chi connectivity index (χ0n) is 27.6. The number of hydrogen-bond acceptors (Lipinski definition) is 5. The van der Waals surface area contributed by atoms with E-state index in [2.05, 4.69) is 66.2 Å². The largest absolute Gasteiger partial charge is 0.339 e. The van der Waals surface area contributed by atoms with Gasteiger partial charge in [-0.25, -0.2) is 0 Å². The van der Waals surface area contributed by atoms with Gasteiger partial charge in [-0.1, -0.05) is 0 Å². The van der Waals surface area contributed by atoms with Crippen LogP contribution < -0.4 is 21.7 Å². The van der Waals surface area contributed by atoms with Crippen LogP contribution in [-0.2, 0) is 9.59 Å². The highest BCUT2D eigenvalue weighted by Crippen LogP contribution is 2.51. The van der Waals surface area contributed by atoms with E-state index in [9.17, 15) is 14.4 Å². The summed E-state index contributed by atoms with van der Waals surface area (Å²) >= 11 is 4.49. The lowest BCUT2D eigenvalue weighted by Gasteiger charge is -2.27. The molecule has 9 nitrogen and oxygen atoms in total. The van der Waals surface area contributed by atoms with Crippen molar-refractivity contribution in [3.63, 3.8) is 0 Å². The molecular formula is C37H46I2N6O3. The average molecular weight is 877 g/mol. The normalized spacial score (nSPS) is 18.6. The van der Waals surface area contributed by atoms with E-state index in [-0.39, 0.29) is 35.7 Å². The molecule has 5 N–H and O–H groups in total. The number of carbonyl (C=O) groups excluding carboxylic acids is 3. The Balaban J connectivity index is 0.000000182. The third-order valence-electron chi connectivity index (χ3n) is 9.95. The van der Waals surface area contributed by atoms with Gasteiger partial charge in [-0.2, -0.15) is 5.10 Å². The Bertz CT molecular complexity index is 1550. The van der Waals surface area contributed by atoms with Crippen LogP contribution >= 0.6 is 45.2 Å². The molecule has 0 unspecified atom stereocenters. The van der Waals surface area contributed by atoms with Gasteiger partial charge in [0.2, 0.25) is 11.8 Å². The van der Waals surface area contributed by atoms with Crippen molar-refractivity contribution in [3.8, 4) is 0 Å². The summed E-state index contributed by atoms with van der Waals surface area (Å²) < 4.78 is 3.97. The molecule has 4 aliphatic rings. The lowest BCUT2D eigenvalue weighted by atomic mass is 9.88. The molecule has 7 rings (SSSR count). The molecular weight excluding hydrogens is 830 g/mol. The Morgan fingerprint density at radius 3 is 1.58 bits per heavy atom. The Labute approximate surface area is 310 Å². The monoisotopic (exact) mass is 876 g/mol. The maximum absolute atomic E-state index is 13.3. The van der Waals surface area contributed by atoms with Crippen molar-refractivity contribution in [3.05, 3.63) is 73.6 Å². The minimum Gasteiger partial charge on any atom is -0.339 e. The van der Waals surface area contributed by atoms with Gasteiger partial charge in [0.05, 0.1) is 6.04 Å². The van der Waals surface area contributed by atoms with Crippen molar-refractivity contribution < 1.29 is 14.4 Å². The van der Waals surface area contributed by atoms with Crippen molar-refractivity contribution in [1.82, 2.24) is 15.1 Å². The van der Waals surface area contributed by atoms with Gasteiger partial charge in [-0.05, 0) is 201 Å². The number of rotatable bonds is 13. The molecule has 48 heavy (non-hydrogen) atoms. The fraction of sp³-hybridized carbons (Fsp3) is 0.514. The number of nitrogens with one attached hydrogen (secondary N) is 3. The highest BCUT2D eigenvalue weighted by atomic mass is 127. The van der Waals surface area contributed by atoms with Gasteiger partial charge in [0.1, 0.15) is 11.7 Å². The third kappa shape index (κ3) is 9.38. The van der Waals surface area contributed by atoms with Crippen molar-refractivity contribution in [1.29, 1.82) is 0 Å². The van der Waals surface area contributed by atoms with Gasteiger partial charge in [-0.3, -0.25) is 19.1 Å². The molecule has 0 aliphatic heterocycles. The van der Waals surface area contributed by atoms with Crippen LogP contribution in [0.2, 0.25) is 0 Å². The molecule has 0 spiro atoms. The second-order valence-corrected chi connectivity index (χ2v) is 16.7. The summed E-state index contributed by atoms with van der Waals surface area (Å²) in [6, 6.07) is 16.5. The molecule has 0 radical (unpaired) electrons. The van der Waals surface area contributed by atoms with E-state index in [4.69, 9.17) is 5.73 Å². The highest BCUT2D eigenvalue weighted by molar-refractivity contribution is 14.1. The standard InChI is InChI=1S/C22H27IN4O2.C15H19IN2O/c1-13(2)27-18(11-12-24-27)21(28)26-20(19(14-3-4-14)15-5-6-15)22(29)25-17-9-7-16(23)8-10-17;16-11-5-7-12(8-6-11)18-15(19)14(17)13(9-1-2-9)10-3-4-10/h7-15,19-20H,3-6H2,1-2H3,(H,25,29)(H,26,28);5-10,13-14H,1-4,17H2,(H,18,19)/t20-;14-/m00/s1. The van der Waals surface area contributed by atoms with Crippen LogP contribution in [0.1, 0.15) is 81.7 Å². The molecule has 11 heteroatoms. The predicted molar refractivity (Wildman–Crippen MR) is 205 cm³/mol. The number of nitrogens with zero attached hydrogens (tertiary/aromatic N) is 2. The third-order valence-corrected chi connectivity index (χ3v) is 11.4. The van der Waals surface area contributed by atoms with Crippen molar-refractivity contribution >= 4 is 74.3 Å². The van der Waals surface area contributed by atoms with E-state index in [1.54, 1.807) is 16.9 Å². The summed E-state index contributed by atoms with van der Waals surface area (Å²) in [6.07, 6.45) is 11.2. The minimum atomic E-state index is -0.530. The molecule has 256 valence electrons. The minimum absolute atomic E-state index is 0.0231. The van der Waals surface area contributed by atoms with Gasteiger partial charge in [0, 0.05) is 30.8 Å². The Hall–Kier alpha value is -2.52. The molecule has 3 aromatic rings. The summed E-state index contributed by atoms with van der Waals surface area (Å²) in [5.74, 6) is 2.70. The molecule has 1 heterocycles. The first-order valence-electron chi connectivity index (χ1n) is 17.3. The number of hydrogen-bond donors (Lipinski definition) is 4. The molecule has 3 amide bonds. The molecule has 2 atom stereocenters. The Morgan fingerprint density at radius 1 is 0.708 bits per heavy atom. The molecule has 0 saturated heterocycles. The van der Waals surface area contributed by atoms with Crippen molar-refractivity contribution in [2.24, 2.45) is 41.2 Å². The second-order valence-electron chi connectivity index (χ2n) is 14.2.